The quantitative estimate of drug-likeness (QED) is 0.608. The Morgan fingerprint density at radius 1 is 1.00 bits per heavy atom. The first kappa shape index (κ1) is 17.3. The Bertz CT molecular complexity index is 1160. The lowest BCUT2D eigenvalue weighted by molar-refractivity contribution is -0.129. The highest BCUT2D eigenvalue weighted by atomic mass is 32.2. The van der Waals surface area contributed by atoms with Crippen molar-refractivity contribution < 1.29 is 9.53 Å². The average molecular weight is 388 g/mol. The molecule has 3 aromatic carbocycles. The average Bonchev–Trinajstić information content (AvgIpc) is 3.17. The molecule has 0 fully saturated rings. The van der Waals surface area contributed by atoms with Crippen LogP contribution in [0.2, 0.25) is 0 Å². The van der Waals surface area contributed by atoms with E-state index in [0.717, 1.165) is 27.6 Å². The van der Waals surface area contributed by atoms with E-state index in [1.807, 2.05) is 56.6 Å². The third kappa shape index (κ3) is 2.02. The van der Waals surface area contributed by atoms with E-state index in [9.17, 15) is 4.79 Å². The number of nitrogens with zero attached hydrogens (tertiary/aromatic N) is 2. The molecule has 2 heterocycles. The number of para-hydroxylation sites is 1. The minimum Gasteiger partial charge on any atom is -0.458 e. The summed E-state index contributed by atoms with van der Waals surface area (Å²) in [6.07, 6.45) is 1.92. The highest BCUT2D eigenvalue weighted by Crippen LogP contribution is 2.57. The van der Waals surface area contributed by atoms with Gasteiger partial charge in [0.25, 0.3) is 5.91 Å². The van der Waals surface area contributed by atoms with Crippen molar-refractivity contribution >= 4 is 39.4 Å². The SMILES string of the molecule is CSC1=N[C@]2(C(=O)N(C)c3ccccc32)[C@](C)(c2ccc3ccccc3c2)O1. The number of thioether (sulfide) groups is 1. The number of benzene rings is 3. The lowest BCUT2D eigenvalue weighted by Crippen LogP contribution is -2.50. The van der Waals surface area contributed by atoms with Gasteiger partial charge in [-0.25, -0.2) is 4.99 Å². The molecule has 0 unspecified atom stereocenters. The van der Waals surface area contributed by atoms with Gasteiger partial charge in [-0.1, -0.05) is 66.4 Å². The fourth-order valence-electron chi connectivity index (χ4n) is 4.46. The van der Waals surface area contributed by atoms with Gasteiger partial charge < -0.3 is 9.64 Å². The van der Waals surface area contributed by atoms with E-state index < -0.39 is 11.1 Å². The highest BCUT2D eigenvalue weighted by molar-refractivity contribution is 8.13. The van der Waals surface area contributed by atoms with E-state index in [1.165, 1.54) is 11.8 Å². The standard InChI is InChI=1S/C23H20N2O2S/c1-22(17-13-12-15-8-4-5-9-16(15)14-17)23(24-21(27-22)28-3)18-10-6-7-11-19(18)25(2)20(23)26/h4-14H,1-3H3/t22-,23+/m0/s1. The van der Waals surface area contributed by atoms with Crippen LogP contribution in [0.1, 0.15) is 18.1 Å². The summed E-state index contributed by atoms with van der Waals surface area (Å²) in [5, 5.41) is 2.81. The monoisotopic (exact) mass is 388 g/mol. The molecule has 4 nitrogen and oxygen atoms in total. The molecule has 5 rings (SSSR count). The maximum Gasteiger partial charge on any atom is 0.264 e. The molecule has 0 bridgehead atoms. The largest absolute Gasteiger partial charge is 0.458 e. The maximum atomic E-state index is 13.6. The number of carbonyl (C=O) groups excluding carboxylic acids is 1. The minimum atomic E-state index is -1.13. The number of fused-ring (bicyclic) bond motifs is 3. The summed E-state index contributed by atoms with van der Waals surface area (Å²) in [4.78, 5) is 20.2. The molecule has 140 valence electrons. The molecule has 1 spiro atoms. The minimum absolute atomic E-state index is 0.0617. The van der Waals surface area contributed by atoms with Crippen LogP contribution in [-0.4, -0.2) is 24.4 Å². The predicted octanol–water partition coefficient (Wildman–Crippen LogP) is 4.68. The number of hydrogen-bond acceptors (Lipinski definition) is 4. The zero-order valence-corrected chi connectivity index (χ0v) is 16.8. The molecule has 5 heteroatoms. The molecule has 0 N–H and O–H groups in total. The summed E-state index contributed by atoms with van der Waals surface area (Å²) < 4.78 is 6.41. The predicted molar refractivity (Wildman–Crippen MR) is 115 cm³/mol. The van der Waals surface area contributed by atoms with Crippen LogP contribution < -0.4 is 4.90 Å². The van der Waals surface area contributed by atoms with Crippen LogP contribution in [0.15, 0.2) is 71.7 Å². The van der Waals surface area contributed by atoms with Crippen molar-refractivity contribution in [3.05, 3.63) is 77.9 Å². The number of carbonyl (C=O) groups is 1. The second-order valence-electron chi connectivity index (χ2n) is 7.37. The van der Waals surface area contributed by atoms with Crippen LogP contribution in [0.3, 0.4) is 0 Å². The summed E-state index contributed by atoms with van der Waals surface area (Å²) in [6, 6.07) is 22.3. The topological polar surface area (TPSA) is 41.9 Å². The second-order valence-corrected chi connectivity index (χ2v) is 8.13. The van der Waals surface area contributed by atoms with E-state index in [4.69, 9.17) is 9.73 Å². The fourth-order valence-corrected chi connectivity index (χ4v) is 4.94. The number of anilines is 1. The smallest absolute Gasteiger partial charge is 0.264 e. The zero-order valence-electron chi connectivity index (χ0n) is 16.0. The first-order valence-electron chi connectivity index (χ1n) is 9.21. The molecule has 28 heavy (non-hydrogen) atoms. The van der Waals surface area contributed by atoms with Gasteiger partial charge >= 0.3 is 0 Å². The van der Waals surface area contributed by atoms with Crippen molar-refractivity contribution in [3.8, 4) is 0 Å². The van der Waals surface area contributed by atoms with Crippen LogP contribution in [0.5, 0.6) is 0 Å². The number of ether oxygens (including phenoxy) is 1. The van der Waals surface area contributed by atoms with Gasteiger partial charge in [-0.2, -0.15) is 0 Å². The molecule has 3 aromatic rings. The summed E-state index contributed by atoms with van der Waals surface area (Å²) in [5.41, 5.74) is 0.654. The molecule has 2 aliphatic heterocycles. The Morgan fingerprint density at radius 2 is 1.71 bits per heavy atom. The molecule has 1 amide bonds. The normalized spacial score (nSPS) is 25.9. The Balaban J connectivity index is 1.80. The molecule has 0 aromatic heterocycles. The second kappa shape index (κ2) is 5.85. The van der Waals surface area contributed by atoms with Crippen molar-refractivity contribution in [1.29, 1.82) is 0 Å². The van der Waals surface area contributed by atoms with Gasteiger partial charge in [-0.05, 0) is 41.6 Å². The van der Waals surface area contributed by atoms with E-state index in [-0.39, 0.29) is 5.91 Å². The first-order valence-corrected chi connectivity index (χ1v) is 10.4. The first-order chi connectivity index (χ1) is 13.5. The Morgan fingerprint density at radius 3 is 2.50 bits per heavy atom. The van der Waals surface area contributed by atoms with E-state index in [0.29, 0.717) is 5.23 Å². The van der Waals surface area contributed by atoms with Gasteiger partial charge in [-0.15, -0.1) is 0 Å². The van der Waals surface area contributed by atoms with Crippen LogP contribution in [0.4, 0.5) is 5.69 Å². The van der Waals surface area contributed by atoms with Crippen LogP contribution in [0.25, 0.3) is 10.8 Å². The van der Waals surface area contributed by atoms with Gasteiger partial charge in [0.1, 0.15) is 0 Å². The number of likely N-dealkylation sites (N-methyl/N-ethyl adjacent to an activating group) is 1. The number of hydrogen-bond donors (Lipinski definition) is 0. The van der Waals surface area contributed by atoms with Crippen LogP contribution >= 0.6 is 11.8 Å². The highest BCUT2D eigenvalue weighted by Gasteiger charge is 2.67. The van der Waals surface area contributed by atoms with Gasteiger partial charge in [0.15, 0.2) is 5.60 Å². The fraction of sp³-hybridized carbons (Fsp3) is 0.217. The van der Waals surface area contributed by atoms with Crippen molar-refractivity contribution in [3.63, 3.8) is 0 Å². The van der Waals surface area contributed by atoms with Crippen molar-refractivity contribution in [2.75, 3.05) is 18.2 Å². The van der Waals surface area contributed by atoms with Crippen LogP contribution in [0, 0.1) is 0 Å². The Hall–Kier alpha value is -2.79. The molecule has 0 saturated heterocycles. The lowest BCUT2D eigenvalue weighted by atomic mass is 9.73. The van der Waals surface area contributed by atoms with Crippen LogP contribution in [-0.2, 0) is 20.7 Å². The molecular weight excluding hydrogens is 368 g/mol. The van der Waals surface area contributed by atoms with E-state index in [2.05, 4.69) is 30.3 Å². The summed E-state index contributed by atoms with van der Waals surface area (Å²) in [7, 11) is 1.81. The molecule has 2 aliphatic rings. The molecule has 2 atom stereocenters. The summed E-state index contributed by atoms with van der Waals surface area (Å²) in [5.74, 6) is -0.0617. The third-order valence-corrected chi connectivity index (χ3v) is 6.51. The molecule has 0 aliphatic carbocycles. The summed E-state index contributed by atoms with van der Waals surface area (Å²) >= 11 is 1.43. The van der Waals surface area contributed by atoms with Gasteiger partial charge in [0.05, 0.1) is 0 Å². The van der Waals surface area contributed by atoms with Crippen molar-refractivity contribution in [1.82, 2.24) is 0 Å². The molecule has 0 saturated carbocycles. The Kier molecular flexibility index (Phi) is 3.62. The van der Waals surface area contributed by atoms with Crippen molar-refractivity contribution in [2.24, 2.45) is 4.99 Å². The van der Waals surface area contributed by atoms with E-state index >= 15 is 0 Å². The maximum absolute atomic E-state index is 13.6. The Labute approximate surface area is 168 Å². The van der Waals surface area contributed by atoms with Gasteiger partial charge in [0.2, 0.25) is 10.8 Å². The van der Waals surface area contributed by atoms with Gasteiger partial charge in [-0.3, -0.25) is 4.79 Å². The molecular formula is C23H20N2O2S. The zero-order chi connectivity index (χ0) is 19.5. The molecule has 0 radical (unpaired) electrons. The van der Waals surface area contributed by atoms with Crippen molar-refractivity contribution in [2.45, 2.75) is 18.1 Å². The number of aliphatic imine (C=N–C) groups is 1. The number of amides is 1. The number of rotatable bonds is 1. The van der Waals surface area contributed by atoms with E-state index in [1.54, 1.807) is 4.90 Å². The summed E-state index contributed by atoms with van der Waals surface area (Å²) in [6.45, 7) is 1.98. The third-order valence-electron chi connectivity index (χ3n) is 5.99. The lowest BCUT2D eigenvalue weighted by Gasteiger charge is -2.36. The van der Waals surface area contributed by atoms with Gasteiger partial charge in [0, 0.05) is 18.3 Å².